The van der Waals surface area contributed by atoms with Crippen molar-refractivity contribution in [3.8, 4) is 0 Å². The summed E-state index contributed by atoms with van der Waals surface area (Å²) < 4.78 is 1.44. The number of ketones is 1. The predicted octanol–water partition coefficient (Wildman–Crippen LogP) is 2.90. The molecule has 4 heteroatoms. The van der Waals surface area contributed by atoms with Gasteiger partial charge < -0.3 is 0 Å². The smallest absolute Gasteiger partial charge is 0.261 e. The maximum Gasteiger partial charge on any atom is 0.261 e. The van der Waals surface area contributed by atoms with Crippen LogP contribution < -0.4 is 5.56 Å². The molecule has 110 valence electrons. The number of hydrogen-bond donors (Lipinski definition) is 0. The number of fused-ring (bicyclic) bond motifs is 1. The van der Waals surface area contributed by atoms with E-state index in [9.17, 15) is 9.59 Å². The summed E-state index contributed by atoms with van der Waals surface area (Å²) >= 11 is 0. The molecule has 0 aliphatic carbocycles. The second-order valence-electron chi connectivity index (χ2n) is 5.36. The molecule has 3 aromatic rings. The Morgan fingerprint density at radius 2 is 1.73 bits per heavy atom. The molecular formula is C18H16N2O2. The van der Waals surface area contributed by atoms with E-state index in [-0.39, 0.29) is 17.9 Å². The molecule has 0 spiro atoms. The number of hydrogen-bond acceptors (Lipinski definition) is 3. The average Bonchev–Trinajstić information content (AvgIpc) is 2.52. The lowest BCUT2D eigenvalue weighted by molar-refractivity contribution is 0.0969. The Hall–Kier alpha value is -2.75. The molecule has 0 atom stereocenters. The van der Waals surface area contributed by atoms with Gasteiger partial charge in [-0.25, -0.2) is 4.98 Å². The van der Waals surface area contributed by atoms with E-state index < -0.39 is 0 Å². The third-order valence-corrected chi connectivity index (χ3v) is 3.73. The summed E-state index contributed by atoms with van der Waals surface area (Å²) in [4.78, 5) is 29.3. The van der Waals surface area contributed by atoms with Crippen LogP contribution in [-0.4, -0.2) is 15.3 Å². The molecule has 2 aromatic carbocycles. The van der Waals surface area contributed by atoms with Crippen molar-refractivity contribution < 1.29 is 4.79 Å². The van der Waals surface area contributed by atoms with E-state index in [4.69, 9.17) is 0 Å². The quantitative estimate of drug-likeness (QED) is 0.697. The molecule has 0 bridgehead atoms. The monoisotopic (exact) mass is 292 g/mol. The molecule has 22 heavy (non-hydrogen) atoms. The highest BCUT2D eigenvalue weighted by Gasteiger charge is 2.12. The lowest BCUT2D eigenvalue weighted by Gasteiger charge is -2.10. The molecule has 0 aliphatic rings. The van der Waals surface area contributed by atoms with Crippen molar-refractivity contribution in [1.29, 1.82) is 0 Å². The van der Waals surface area contributed by atoms with Gasteiger partial charge in [0, 0.05) is 5.56 Å². The summed E-state index contributed by atoms with van der Waals surface area (Å²) in [6, 6.07) is 14.5. The first-order valence-corrected chi connectivity index (χ1v) is 7.12. The summed E-state index contributed by atoms with van der Waals surface area (Å²) in [5, 5.41) is 0.532. The molecule has 0 fully saturated rings. The van der Waals surface area contributed by atoms with Crippen molar-refractivity contribution in [3.05, 3.63) is 75.8 Å². The van der Waals surface area contributed by atoms with Crippen LogP contribution in [0.4, 0.5) is 0 Å². The Morgan fingerprint density at radius 3 is 2.45 bits per heavy atom. The fourth-order valence-electron chi connectivity index (χ4n) is 2.44. The first kappa shape index (κ1) is 14.2. The number of rotatable bonds is 3. The van der Waals surface area contributed by atoms with E-state index in [0.29, 0.717) is 22.3 Å². The minimum absolute atomic E-state index is 0.00552. The molecule has 4 nitrogen and oxygen atoms in total. The molecule has 0 aliphatic heterocycles. The molecule has 1 aromatic heterocycles. The number of Topliss-reactive ketones (excluding diaryl/α,β-unsaturated/α-hetero) is 1. The van der Waals surface area contributed by atoms with Crippen LogP contribution in [0.1, 0.15) is 21.7 Å². The minimum Gasteiger partial charge on any atom is -0.292 e. The molecule has 0 unspecified atom stereocenters. The van der Waals surface area contributed by atoms with E-state index in [2.05, 4.69) is 4.98 Å². The maximum absolute atomic E-state index is 12.5. The third-order valence-electron chi connectivity index (χ3n) is 3.73. The fourth-order valence-corrected chi connectivity index (χ4v) is 2.44. The van der Waals surface area contributed by atoms with Crippen molar-refractivity contribution in [2.75, 3.05) is 0 Å². The fraction of sp³-hybridized carbons (Fsp3) is 0.167. The Bertz CT molecular complexity index is 909. The average molecular weight is 292 g/mol. The normalized spacial score (nSPS) is 10.8. The first-order valence-electron chi connectivity index (χ1n) is 7.12. The van der Waals surface area contributed by atoms with Crippen LogP contribution in [0.2, 0.25) is 0 Å². The minimum atomic E-state index is -0.177. The molecule has 0 radical (unpaired) electrons. The molecule has 0 saturated carbocycles. The van der Waals surface area contributed by atoms with Gasteiger partial charge >= 0.3 is 0 Å². The van der Waals surface area contributed by atoms with Crippen molar-refractivity contribution >= 4 is 16.7 Å². The van der Waals surface area contributed by atoms with Gasteiger partial charge in [-0.3, -0.25) is 14.2 Å². The molecule has 3 rings (SSSR count). The van der Waals surface area contributed by atoms with Gasteiger partial charge in [0.2, 0.25) is 0 Å². The van der Waals surface area contributed by atoms with E-state index >= 15 is 0 Å². The maximum atomic E-state index is 12.5. The Balaban J connectivity index is 2.02. The van der Waals surface area contributed by atoms with Crippen LogP contribution >= 0.6 is 0 Å². The van der Waals surface area contributed by atoms with Crippen LogP contribution in [-0.2, 0) is 6.54 Å². The van der Waals surface area contributed by atoms with Crippen LogP contribution in [0.5, 0.6) is 0 Å². The van der Waals surface area contributed by atoms with Gasteiger partial charge in [-0.2, -0.15) is 0 Å². The number of carbonyl (C=O) groups excluding carboxylic acids is 1. The molecule has 0 saturated heterocycles. The Kier molecular flexibility index (Phi) is 3.59. The zero-order valence-corrected chi connectivity index (χ0v) is 12.5. The predicted molar refractivity (Wildman–Crippen MR) is 86.2 cm³/mol. The Morgan fingerprint density at radius 1 is 1.05 bits per heavy atom. The number of para-hydroxylation sites is 1. The van der Waals surface area contributed by atoms with Crippen molar-refractivity contribution in [3.63, 3.8) is 0 Å². The van der Waals surface area contributed by atoms with Gasteiger partial charge in [-0.15, -0.1) is 0 Å². The molecular weight excluding hydrogens is 276 g/mol. The van der Waals surface area contributed by atoms with Crippen LogP contribution in [0.3, 0.4) is 0 Å². The SMILES string of the molecule is Cc1ccc(C(=O)Cn2c(C)nc3ccccc3c2=O)cc1. The molecule has 0 amide bonds. The lowest BCUT2D eigenvalue weighted by atomic mass is 10.1. The summed E-state index contributed by atoms with van der Waals surface area (Å²) in [5.74, 6) is 0.450. The number of carbonyl (C=O) groups is 1. The van der Waals surface area contributed by atoms with E-state index in [0.717, 1.165) is 5.56 Å². The summed E-state index contributed by atoms with van der Waals surface area (Å²) in [7, 11) is 0. The highest BCUT2D eigenvalue weighted by Crippen LogP contribution is 2.09. The zero-order valence-electron chi connectivity index (χ0n) is 12.5. The van der Waals surface area contributed by atoms with Gasteiger partial charge in [0.05, 0.1) is 17.4 Å². The molecule has 1 heterocycles. The zero-order chi connectivity index (χ0) is 15.7. The van der Waals surface area contributed by atoms with Gasteiger partial charge in [-0.1, -0.05) is 42.0 Å². The van der Waals surface area contributed by atoms with Gasteiger partial charge in [0.15, 0.2) is 5.78 Å². The highest BCUT2D eigenvalue weighted by molar-refractivity contribution is 5.96. The topological polar surface area (TPSA) is 52.0 Å². The van der Waals surface area contributed by atoms with Crippen LogP contribution in [0.25, 0.3) is 10.9 Å². The van der Waals surface area contributed by atoms with Gasteiger partial charge in [0.25, 0.3) is 5.56 Å². The van der Waals surface area contributed by atoms with Gasteiger partial charge in [0.1, 0.15) is 5.82 Å². The van der Waals surface area contributed by atoms with Crippen LogP contribution in [0.15, 0.2) is 53.3 Å². The number of benzene rings is 2. The van der Waals surface area contributed by atoms with E-state index in [1.54, 1.807) is 37.3 Å². The largest absolute Gasteiger partial charge is 0.292 e. The second kappa shape index (κ2) is 5.56. The Labute approximate surface area is 128 Å². The lowest BCUT2D eigenvalue weighted by Crippen LogP contribution is -2.27. The first-order chi connectivity index (χ1) is 10.6. The number of nitrogens with zero attached hydrogens (tertiary/aromatic N) is 2. The van der Waals surface area contributed by atoms with E-state index in [1.807, 2.05) is 25.1 Å². The second-order valence-corrected chi connectivity index (χ2v) is 5.36. The van der Waals surface area contributed by atoms with Gasteiger partial charge in [-0.05, 0) is 26.0 Å². The summed E-state index contributed by atoms with van der Waals surface area (Å²) in [6.45, 7) is 3.72. The number of aromatic nitrogens is 2. The van der Waals surface area contributed by atoms with E-state index in [1.165, 1.54) is 4.57 Å². The van der Waals surface area contributed by atoms with Crippen molar-refractivity contribution in [1.82, 2.24) is 9.55 Å². The van der Waals surface area contributed by atoms with Crippen molar-refractivity contribution in [2.45, 2.75) is 20.4 Å². The molecule has 0 N–H and O–H groups in total. The third kappa shape index (κ3) is 2.55. The highest BCUT2D eigenvalue weighted by atomic mass is 16.1. The number of aryl methyl sites for hydroxylation is 2. The summed E-state index contributed by atoms with van der Waals surface area (Å²) in [5.41, 5.74) is 2.18. The van der Waals surface area contributed by atoms with Crippen molar-refractivity contribution in [2.24, 2.45) is 0 Å². The van der Waals surface area contributed by atoms with Crippen LogP contribution in [0, 0.1) is 13.8 Å². The standard InChI is InChI=1S/C18H16N2O2/c1-12-7-9-14(10-8-12)17(21)11-20-13(2)19-16-6-4-3-5-15(16)18(20)22/h3-10H,11H2,1-2H3. The summed E-state index contributed by atoms with van der Waals surface area (Å²) in [6.07, 6.45) is 0.